The molecule has 5 aromatic heterocycles. The van der Waals surface area contributed by atoms with Crippen LogP contribution < -0.4 is 0 Å². The highest BCUT2D eigenvalue weighted by Crippen LogP contribution is 2.41. The average Bonchev–Trinajstić information content (AvgIpc) is 1.60. The Balaban J connectivity index is 0.0000000936. The molecule has 0 bridgehead atoms. The molecule has 0 saturated carbocycles. The maximum Gasteiger partial charge on any atom is 0.0619 e. The van der Waals surface area contributed by atoms with Crippen LogP contribution in [0.2, 0.25) is 0 Å². The van der Waals surface area contributed by atoms with Crippen LogP contribution in [0.4, 0.5) is 0 Å². The molecule has 108 heavy (non-hydrogen) atoms. The van der Waals surface area contributed by atoms with Crippen molar-refractivity contribution in [3.63, 3.8) is 0 Å². The van der Waals surface area contributed by atoms with Crippen LogP contribution in [0.5, 0.6) is 0 Å². The number of aryl methyl sites for hydroxylation is 3. The quantitative estimate of drug-likeness (QED) is 0.168. The van der Waals surface area contributed by atoms with Crippen LogP contribution in [0.25, 0.3) is 186 Å². The predicted molar refractivity (Wildman–Crippen MR) is 464 cm³/mol. The fourth-order valence-corrected chi connectivity index (χ4v) is 16.8. The Kier molecular flexibility index (Phi) is 16.5. The summed E-state index contributed by atoms with van der Waals surface area (Å²) in [4.78, 5) is 0. The monoisotopic (exact) mass is 1380 g/mol. The molecule has 0 amide bonds. The number of hydrogen-bond donors (Lipinski definition) is 0. The number of rotatable bonds is 4. The van der Waals surface area contributed by atoms with Crippen molar-refractivity contribution in [2.24, 2.45) is 21.1 Å². The van der Waals surface area contributed by atoms with E-state index in [0.717, 1.165) is 0 Å². The zero-order valence-corrected chi connectivity index (χ0v) is 60.3. The van der Waals surface area contributed by atoms with Crippen molar-refractivity contribution in [2.75, 3.05) is 0 Å². The van der Waals surface area contributed by atoms with Gasteiger partial charge in [-0.25, -0.2) is 0 Å². The Bertz CT molecular complexity index is 7190. The van der Waals surface area contributed by atoms with E-state index in [2.05, 4.69) is 444 Å². The molecular weight excluding hydrogens is 1310 g/mol. The summed E-state index contributed by atoms with van der Waals surface area (Å²) in [5, 5.41) is 23.7. The Morgan fingerprint density at radius 1 is 0.157 bits per heavy atom. The van der Waals surface area contributed by atoms with E-state index < -0.39 is 0 Å². The fraction of sp³-hybridized carbons (Fsp3) is 0.0291. The second-order valence-electron chi connectivity index (χ2n) is 28.0. The third kappa shape index (κ3) is 11.4. The van der Waals surface area contributed by atoms with Crippen molar-refractivity contribution < 1.29 is 0 Å². The molecule has 23 rings (SSSR count). The van der Waals surface area contributed by atoms with Crippen LogP contribution in [0.15, 0.2) is 400 Å². The highest BCUT2D eigenvalue weighted by Gasteiger charge is 2.18. The summed E-state index contributed by atoms with van der Waals surface area (Å²) in [6.07, 6.45) is 0. The predicted octanol–water partition coefficient (Wildman–Crippen LogP) is 27.5. The molecule has 18 aromatic carbocycles. The van der Waals surface area contributed by atoms with Gasteiger partial charge in [-0.15, -0.1) is 0 Å². The Hall–Kier alpha value is -14.0. The molecule has 23 aromatic rings. The summed E-state index contributed by atoms with van der Waals surface area (Å²) >= 11 is 0. The third-order valence-electron chi connectivity index (χ3n) is 21.9. The molecule has 5 heterocycles. The summed E-state index contributed by atoms with van der Waals surface area (Å²) in [7, 11) is 6.43. The molecule has 512 valence electrons. The average molecular weight is 1380 g/mol. The first kappa shape index (κ1) is 64.8. The number of aromatic nitrogens is 5. The maximum atomic E-state index is 2.38. The fourth-order valence-electron chi connectivity index (χ4n) is 16.8. The van der Waals surface area contributed by atoms with E-state index in [9.17, 15) is 0 Å². The highest BCUT2D eigenvalue weighted by molar-refractivity contribution is 6.22. The summed E-state index contributed by atoms with van der Waals surface area (Å²) in [6.45, 7) is 0. The van der Waals surface area contributed by atoms with Gasteiger partial charge in [0.2, 0.25) is 0 Å². The number of hydrogen-bond acceptors (Lipinski definition) is 0. The molecule has 0 atom stereocenters. The molecule has 0 spiro atoms. The Labute approximate surface area is 626 Å². The summed E-state index contributed by atoms with van der Waals surface area (Å²) in [5.74, 6) is 0. The van der Waals surface area contributed by atoms with Crippen molar-refractivity contribution in [2.45, 2.75) is 0 Å². The maximum absolute atomic E-state index is 2.38. The van der Waals surface area contributed by atoms with E-state index >= 15 is 0 Å². The summed E-state index contributed by atoms with van der Waals surface area (Å²) in [5.41, 5.74) is 20.2. The van der Waals surface area contributed by atoms with Gasteiger partial charge in [0.1, 0.15) is 0 Å². The van der Waals surface area contributed by atoms with E-state index in [-0.39, 0.29) is 0 Å². The Morgan fingerprint density at radius 2 is 0.491 bits per heavy atom. The van der Waals surface area contributed by atoms with E-state index in [1.54, 1.807) is 0 Å². The van der Waals surface area contributed by atoms with Crippen LogP contribution in [-0.2, 0) is 21.1 Å². The number of benzene rings is 18. The minimum atomic E-state index is 1.18. The van der Waals surface area contributed by atoms with Gasteiger partial charge in [-0.05, 0) is 146 Å². The number of fused-ring (bicyclic) bond motifs is 22. The van der Waals surface area contributed by atoms with E-state index in [1.165, 1.54) is 186 Å². The molecule has 0 aliphatic heterocycles. The van der Waals surface area contributed by atoms with Crippen LogP contribution in [-0.4, -0.2) is 22.8 Å². The first-order valence-corrected chi connectivity index (χ1v) is 37.1. The van der Waals surface area contributed by atoms with Gasteiger partial charge < -0.3 is 22.8 Å². The van der Waals surface area contributed by atoms with Crippen LogP contribution in [0.3, 0.4) is 0 Å². The molecule has 5 nitrogen and oxygen atoms in total. The van der Waals surface area contributed by atoms with Crippen LogP contribution in [0, 0.1) is 0 Å². The zero-order chi connectivity index (χ0) is 72.2. The van der Waals surface area contributed by atoms with Crippen molar-refractivity contribution in [3.05, 3.63) is 400 Å². The van der Waals surface area contributed by atoms with Gasteiger partial charge in [-0.2, -0.15) is 0 Å². The molecule has 0 fully saturated rings. The third-order valence-corrected chi connectivity index (χ3v) is 21.9. The SMILES string of the molecule is Cn1c2ccccc2c2c3ccccc3ccc21.Cn1c2ccccc2c2cc3ccccc3cc21.Cn1c2ccccc2c2ccc3ccccc3c21.c1ccc(-c2ccc3c(c2)c2cc(-c4ccccc4)ccc2n3-c2ccccc2)cc1.c1ccc(-n2c3ccccc3c3ccc4ccccc4c32)cc1. The van der Waals surface area contributed by atoms with Crippen LogP contribution in [0.1, 0.15) is 0 Å². The minimum absolute atomic E-state index is 1.18. The van der Waals surface area contributed by atoms with Gasteiger partial charge in [-0.3, -0.25) is 0 Å². The van der Waals surface area contributed by atoms with Crippen LogP contribution >= 0.6 is 0 Å². The first-order chi connectivity index (χ1) is 53.4. The van der Waals surface area contributed by atoms with Gasteiger partial charge >= 0.3 is 0 Å². The largest absolute Gasteiger partial charge is 0.344 e. The van der Waals surface area contributed by atoms with Crippen molar-refractivity contribution >= 4 is 152 Å². The molecule has 0 N–H and O–H groups in total. The van der Waals surface area contributed by atoms with Crippen molar-refractivity contribution in [1.29, 1.82) is 0 Å². The summed E-state index contributed by atoms with van der Waals surface area (Å²) in [6, 6.07) is 143. The molecule has 0 saturated heterocycles. The van der Waals surface area contributed by atoms with Crippen molar-refractivity contribution in [1.82, 2.24) is 22.8 Å². The van der Waals surface area contributed by atoms with Gasteiger partial charge in [-0.1, -0.05) is 309 Å². The van der Waals surface area contributed by atoms with Crippen molar-refractivity contribution in [3.8, 4) is 33.6 Å². The van der Waals surface area contributed by atoms with Gasteiger partial charge in [0, 0.05) is 125 Å². The van der Waals surface area contributed by atoms with Gasteiger partial charge in [0.05, 0.1) is 27.6 Å². The molecule has 0 unspecified atom stereocenters. The lowest BCUT2D eigenvalue weighted by molar-refractivity contribution is 1.01. The summed E-state index contributed by atoms with van der Waals surface area (Å²) < 4.78 is 11.6. The van der Waals surface area contributed by atoms with E-state index in [1.807, 2.05) is 0 Å². The molecule has 0 aliphatic rings. The molecule has 5 heteroatoms. The number of nitrogens with zero attached hydrogens (tertiary/aromatic N) is 5. The highest BCUT2D eigenvalue weighted by atomic mass is 15.0. The molecule has 0 aliphatic carbocycles. The first-order valence-electron chi connectivity index (χ1n) is 37.1. The van der Waals surface area contributed by atoms with Gasteiger partial charge in [0.25, 0.3) is 0 Å². The Morgan fingerprint density at radius 3 is 1.04 bits per heavy atom. The van der Waals surface area contributed by atoms with E-state index in [4.69, 9.17) is 0 Å². The topological polar surface area (TPSA) is 24.6 Å². The molecule has 0 radical (unpaired) electrons. The second kappa shape index (κ2) is 27.6. The van der Waals surface area contributed by atoms with Gasteiger partial charge in [0.15, 0.2) is 0 Å². The lowest BCUT2D eigenvalue weighted by Gasteiger charge is -2.09. The molecular formula is C103H75N5. The normalized spacial score (nSPS) is 11.5. The lowest BCUT2D eigenvalue weighted by Crippen LogP contribution is -1.93. The minimum Gasteiger partial charge on any atom is -0.344 e. The zero-order valence-electron chi connectivity index (χ0n) is 60.3. The smallest absolute Gasteiger partial charge is 0.0619 e. The van der Waals surface area contributed by atoms with E-state index in [0.29, 0.717) is 0 Å². The lowest BCUT2D eigenvalue weighted by atomic mass is 10.0. The second-order valence-corrected chi connectivity index (χ2v) is 28.0. The number of para-hydroxylation sites is 6. The standard InChI is InChI=1S/C30H21N.C22H15N.3C17H13N/c1-4-10-22(11-5-1)24-16-18-29-27(20-24)28-21-25(23-12-6-2-7-13-23)17-19-30(28)31(29)26-14-8-3-9-15-26;1-2-9-17(10-3-1)23-21-13-7-6-12-19(21)20-15-14-16-8-4-5-11-18(16)22(20)23;1-18-16-9-5-4-8-14(16)15-10-12-6-2-3-7-13(12)11-17(15)18;1-18-16-9-5-4-8-14(16)15-11-10-12-6-2-3-7-13(12)17(15)18;1-18-15-9-5-4-8-14(15)17-13-7-3-2-6-12(13)10-11-16(17)18/h1-21H;1-15H;3*2-11H,1H3.